The maximum Gasteiger partial charge on any atom is 0.409 e. The highest BCUT2D eigenvalue weighted by Gasteiger charge is 2.48. The molecular formula is C28H36FN5O5. The summed E-state index contributed by atoms with van der Waals surface area (Å²) in [5.74, 6) is -1.17. The number of imidazole rings is 1. The van der Waals surface area contributed by atoms with Crippen LogP contribution >= 0.6 is 0 Å². The fourth-order valence-electron chi connectivity index (χ4n) is 7.41. The van der Waals surface area contributed by atoms with Crippen LogP contribution in [0.2, 0.25) is 0 Å². The van der Waals surface area contributed by atoms with Crippen molar-refractivity contribution in [3.63, 3.8) is 0 Å². The fraction of sp³-hybridized carbons (Fsp3) is 0.643. The third kappa shape index (κ3) is 4.44. The van der Waals surface area contributed by atoms with Gasteiger partial charge in [-0.25, -0.2) is 14.0 Å². The lowest BCUT2D eigenvalue weighted by atomic mass is 9.59. The smallest absolute Gasteiger partial charge is 0.409 e. The quantitative estimate of drug-likeness (QED) is 0.599. The molecule has 0 radical (unpaired) electrons. The lowest BCUT2D eigenvalue weighted by Crippen LogP contribution is -2.56. The van der Waals surface area contributed by atoms with Crippen molar-refractivity contribution in [3.8, 4) is 0 Å². The molecule has 1 spiro atoms. The monoisotopic (exact) mass is 541 g/mol. The molecule has 1 N–H and O–H groups in total. The Labute approximate surface area is 226 Å². The number of nitrogens with zero attached hydrogens (tertiary/aromatic N) is 4. The predicted octanol–water partition coefficient (Wildman–Crippen LogP) is 2.65. The minimum atomic E-state index is -0.828. The number of aryl methyl sites for hydroxylation is 1. The van der Waals surface area contributed by atoms with Crippen molar-refractivity contribution in [2.45, 2.75) is 69.4 Å². The number of imide groups is 1. The number of likely N-dealkylation sites (tertiary alicyclic amines) is 2. The number of carbonyl (C=O) groups is 3. The summed E-state index contributed by atoms with van der Waals surface area (Å²) in [6.07, 6.45) is 6.19. The van der Waals surface area contributed by atoms with E-state index in [0.29, 0.717) is 28.1 Å². The first-order valence-corrected chi connectivity index (χ1v) is 14.0. The van der Waals surface area contributed by atoms with E-state index in [4.69, 9.17) is 4.74 Å². The van der Waals surface area contributed by atoms with Gasteiger partial charge in [0.15, 0.2) is 0 Å². The Hall–Kier alpha value is -3.21. The van der Waals surface area contributed by atoms with E-state index >= 15 is 4.39 Å². The number of hydrogen-bond donors (Lipinski definition) is 1. The zero-order valence-electron chi connectivity index (χ0n) is 22.6. The van der Waals surface area contributed by atoms with E-state index in [-0.39, 0.29) is 42.3 Å². The third-order valence-corrected chi connectivity index (χ3v) is 9.81. The van der Waals surface area contributed by atoms with Gasteiger partial charge < -0.3 is 14.5 Å². The van der Waals surface area contributed by atoms with E-state index < -0.39 is 11.9 Å². The van der Waals surface area contributed by atoms with Crippen LogP contribution in [0.15, 0.2) is 16.9 Å². The molecule has 39 heavy (non-hydrogen) atoms. The van der Waals surface area contributed by atoms with Crippen molar-refractivity contribution in [1.82, 2.24) is 24.3 Å². The van der Waals surface area contributed by atoms with Crippen molar-refractivity contribution in [3.05, 3.63) is 34.0 Å². The Morgan fingerprint density at radius 2 is 1.72 bits per heavy atom. The Morgan fingerprint density at radius 1 is 1.03 bits per heavy atom. The molecule has 3 saturated heterocycles. The van der Waals surface area contributed by atoms with E-state index in [1.165, 1.54) is 22.3 Å². The first kappa shape index (κ1) is 26.0. The number of rotatable bonds is 3. The predicted molar refractivity (Wildman–Crippen MR) is 141 cm³/mol. The number of amides is 3. The van der Waals surface area contributed by atoms with Crippen molar-refractivity contribution >= 4 is 28.9 Å². The zero-order chi connectivity index (χ0) is 27.5. The van der Waals surface area contributed by atoms with Crippen LogP contribution in [0.1, 0.15) is 68.9 Å². The molecule has 1 aliphatic carbocycles. The van der Waals surface area contributed by atoms with E-state index in [1.807, 2.05) is 0 Å². The molecule has 10 nitrogen and oxygen atoms in total. The molecular weight excluding hydrogens is 505 g/mol. The van der Waals surface area contributed by atoms with Crippen LogP contribution in [0.3, 0.4) is 0 Å². The highest BCUT2D eigenvalue weighted by molar-refractivity contribution is 6.00. The first-order chi connectivity index (χ1) is 18.7. The number of piperidine rings is 3. The second-order valence-corrected chi connectivity index (χ2v) is 11.9. The van der Waals surface area contributed by atoms with Gasteiger partial charge in [-0.2, -0.15) is 0 Å². The summed E-state index contributed by atoms with van der Waals surface area (Å²) in [5.41, 5.74) is 1.56. The number of aromatic nitrogens is 2. The Balaban J connectivity index is 1.12. The molecule has 2 aromatic rings. The maximum absolute atomic E-state index is 15.5. The van der Waals surface area contributed by atoms with Gasteiger partial charge >= 0.3 is 11.8 Å². The van der Waals surface area contributed by atoms with Crippen LogP contribution < -0.4 is 11.0 Å². The van der Waals surface area contributed by atoms with Gasteiger partial charge in [-0.05, 0) is 81.0 Å². The van der Waals surface area contributed by atoms with Gasteiger partial charge in [-0.15, -0.1) is 0 Å². The van der Waals surface area contributed by atoms with Gasteiger partial charge in [-0.3, -0.25) is 24.0 Å². The van der Waals surface area contributed by atoms with Crippen molar-refractivity contribution in [2.75, 3.05) is 33.3 Å². The second kappa shape index (κ2) is 9.76. The molecule has 4 heterocycles. The number of benzene rings is 1. The van der Waals surface area contributed by atoms with Gasteiger partial charge in [0.25, 0.3) is 0 Å². The minimum absolute atomic E-state index is 0.0667. The molecule has 1 unspecified atom stereocenters. The molecule has 4 fully saturated rings. The molecule has 6 rings (SSSR count). The molecule has 210 valence electrons. The van der Waals surface area contributed by atoms with Crippen molar-refractivity contribution < 1.29 is 23.5 Å². The molecule has 11 heteroatoms. The molecule has 1 aromatic heterocycles. The van der Waals surface area contributed by atoms with E-state index in [0.717, 1.165) is 64.7 Å². The summed E-state index contributed by atoms with van der Waals surface area (Å²) in [6.45, 7) is 3.34. The van der Waals surface area contributed by atoms with E-state index in [9.17, 15) is 19.2 Å². The number of halogens is 1. The van der Waals surface area contributed by atoms with Crippen LogP contribution in [0, 0.1) is 11.2 Å². The highest BCUT2D eigenvalue weighted by Crippen LogP contribution is 2.51. The molecule has 1 aromatic carbocycles. The standard InChI is InChI=1S/C28H36FN5O5/c1-31-22-13-19(20(29)14-23(22)34(26(31)37)21-3-4-24(35)30-25(21)36)17-5-9-32(10-6-17)18-15-28(16-18)7-11-33(12-8-28)27(38)39-2/h13-14,17-18,21H,3-12,15-16H2,1-2H3,(H,30,35,36). The normalized spacial score (nSPS) is 24.7. The summed E-state index contributed by atoms with van der Waals surface area (Å²) >= 11 is 0. The Bertz CT molecular complexity index is 1370. The highest BCUT2D eigenvalue weighted by atomic mass is 19.1. The third-order valence-electron chi connectivity index (χ3n) is 9.81. The maximum atomic E-state index is 15.5. The summed E-state index contributed by atoms with van der Waals surface area (Å²) in [5, 5.41) is 2.29. The number of hydrogen-bond acceptors (Lipinski definition) is 6. The van der Waals surface area contributed by atoms with Crippen LogP contribution in [-0.4, -0.2) is 76.2 Å². The van der Waals surface area contributed by atoms with Crippen LogP contribution in [-0.2, 0) is 21.4 Å². The van der Waals surface area contributed by atoms with Crippen molar-refractivity contribution in [1.29, 1.82) is 0 Å². The number of ether oxygens (including phenoxy) is 1. The number of fused-ring (bicyclic) bond motifs is 1. The Morgan fingerprint density at radius 3 is 2.36 bits per heavy atom. The Kier molecular flexibility index (Phi) is 6.52. The lowest BCUT2D eigenvalue weighted by molar-refractivity contribution is -0.135. The van der Waals surface area contributed by atoms with Crippen LogP contribution in [0.4, 0.5) is 9.18 Å². The van der Waals surface area contributed by atoms with E-state index in [1.54, 1.807) is 18.0 Å². The van der Waals surface area contributed by atoms with Crippen LogP contribution in [0.5, 0.6) is 0 Å². The summed E-state index contributed by atoms with van der Waals surface area (Å²) < 4.78 is 23.2. The van der Waals surface area contributed by atoms with Gasteiger partial charge in [-0.1, -0.05) is 0 Å². The number of nitrogens with one attached hydrogen (secondary N) is 1. The van der Waals surface area contributed by atoms with Gasteiger partial charge in [0.2, 0.25) is 11.8 Å². The topological polar surface area (TPSA) is 106 Å². The summed E-state index contributed by atoms with van der Waals surface area (Å²) in [7, 11) is 3.07. The van der Waals surface area contributed by atoms with Gasteiger partial charge in [0, 0.05) is 38.7 Å². The minimum Gasteiger partial charge on any atom is -0.453 e. The van der Waals surface area contributed by atoms with Gasteiger partial charge in [0.1, 0.15) is 11.9 Å². The number of carbonyl (C=O) groups excluding carboxylic acids is 3. The van der Waals surface area contributed by atoms with E-state index in [2.05, 4.69) is 10.2 Å². The first-order valence-electron chi connectivity index (χ1n) is 14.0. The molecule has 3 aliphatic heterocycles. The number of methoxy groups -OCH3 is 1. The fourth-order valence-corrected chi connectivity index (χ4v) is 7.41. The largest absolute Gasteiger partial charge is 0.453 e. The molecule has 0 bridgehead atoms. The van der Waals surface area contributed by atoms with Crippen LogP contribution in [0.25, 0.3) is 11.0 Å². The zero-order valence-corrected chi connectivity index (χ0v) is 22.6. The average molecular weight is 542 g/mol. The molecule has 4 aliphatic rings. The average Bonchev–Trinajstić information content (AvgIpc) is 3.15. The molecule has 1 atom stereocenters. The summed E-state index contributed by atoms with van der Waals surface area (Å²) in [4.78, 5) is 53.2. The lowest BCUT2D eigenvalue weighted by Gasteiger charge is -2.56. The second-order valence-electron chi connectivity index (χ2n) is 11.9. The molecule has 1 saturated carbocycles. The molecule has 3 amide bonds. The van der Waals surface area contributed by atoms with Gasteiger partial charge in [0.05, 0.1) is 18.1 Å². The SMILES string of the molecule is COC(=O)N1CCC2(CC1)CC(N1CCC(c3cc4c(cc3F)n(C3CCC(=O)NC3=O)c(=O)n4C)CC1)C2. The summed E-state index contributed by atoms with van der Waals surface area (Å²) in [6, 6.07) is 2.89. The van der Waals surface area contributed by atoms with Crippen molar-refractivity contribution in [2.24, 2.45) is 12.5 Å².